The van der Waals surface area contributed by atoms with Gasteiger partial charge in [0.15, 0.2) is 0 Å². The lowest BCUT2D eigenvalue weighted by Crippen LogP contribution is -2.44. The number of hydrogen-bond donors (Lipinski definition) is 2. The van der Waals surface area contributed by atoms with Gasteiger partial charge in [0, 0.05) is 31.6 Å². The third-order valence-electron chi connectivity index (χ3n) is 7.33. The molecule has 10 nitrogen and oxygen atoms in total. The first-order valence-electron chi connectivity index (χ1n) is 13.2. The molecule has 0 aliphatic carbocycles. The van der Waals surface area contributed by atoms with Crippen LogP contribution in [0.25, 0.3) is 11.3 Å². The first-order chi connectivity index (χ1) is 19.5. The lowest BCUT2D eigenvalue weighted by molar-refractivity contribution is -0.120. The smallest absolute Gasteiger partial charge is 0.337 e. The van der Waals surface area contributed by atoms with E-state index in [1.165, 1.54) is 7.11 Å². The van der Waals surface area contributed by atoms with Gasteiger partial charge in [-0.25, -0.2) is 9.78 Å². The van der Waals surface area contributed by atoms with Crippen molar-refractivity contribution in [1.29, 1.82) is 0 Å². The standard InChI is InChI=1S/C30H29N5O5/c1-39-30(38)20-7-8-21-23(17-20)32-29(37)27(21)28(19-5-3-2-4-6-19)33-25-10-9-24-22(31-25)11-12-35(24)26(36)18-34-13-15-40-16-14-34/h2-10,17H,11-16,18H2,1H3,(H,31,33)(H,32,37)/b28-27-. The fourth-order valence-electron chi connectivity index (χ4n) is 5.30. The molecule has 2 amide bonds. The molecular formula is C30H29N5O5. The van der Waals surface area contributed by atoms with Crippen LogP contribution in [0, 0.1) is 0 Å². The molecule has 3 aliphatic rings. The third kappa shape index (κ3) is 4.94. The Balaban J connectivity index is 1.31. The number of anilines is 3. The molecule has 0 radical (unpaired) electrons. The molecule has 1 fully saturated rings. The van der Waals surface area contributed by atoms with Gasteiger partial charge in [0.05, 0.1) is 60.8 Å². The molecule has 2 N–H and O–H groups in total. The van der Waals surface area contributed by atoms with E-state index < -0.39 is 5.97 Å². The van der Waals surface area contributed by atoms with Gasteiger partial charge < -0.3 is 25.0 Å². The van der Waals surface area contributed by atoms with Crippen LogP contribution in [0.2, 0.25) is 0 Å². The predicted molar refractivity (Wildman–Crippen MR) is 151 cm³/mol. The molecule has 3 aromatic rings. The molecule has 0 atom stereocenters. The number of nitrogens with one attached hydrogen (secondary N) is 2. The van der Waals surface area contributed by atoms with E-state index in [9.17, 15) is 14.4 Å². The number of ether oxygens (including phenoxy) is 2. The summed E-state index contributed by atoms with van der Waals surface area (Å²) in [4.78, 5) is 47.1. The predicted octanol–water partition coefficient (Wildman–Crippen LogP) is 3.02. The van der Waals surface area contributed by atoms with Crippen LogP contribution in [0.4, 0.5) is 17.2 Å². The molecule has 4 heterocycles. The van der Waals surface area contributed by atoms with Gasteiger partial charge in [0.25, 0.3) is 5.91 Å². The number of fused-ring (bicyclic) bond motifs is 2. The molecule has 3 aliphatic heterocycles. The number of nitrogens with zero attached hydrogens (tertiary/aromatic N) is 3. The van der Waals surface area contributed by atoms with E-state index in [1.54, 1.807) is 23.1 Å². The highest BCUT2D eigenvalue weighted by Gasteiger charge is 2.31. The number of amides is 2. The number of aromatic nitrogens is 1. The topological polar surface area (TPSA) is 113 Å². The monoisotopic (exact) mass is 539 g/mol. The molecule has 1 aromatic heterocycles. The Morgan fingerprint density at radius 2 is 1.82 bits per heavy atom. The first kappa shape index (κ1) is 25.7. The van der Waals surface area contributed by atoms with Gasteiger partial charge in [-0.3, -0.25) is 14.5 Å². The van der Waals surface area contributed by atoms with Crippen LogP contribution >= 0.6 is 0 Å². The molecular weight excluding hydrogens is 510 g/mol. The number of esters is 1. The maximum Gasteiger partial charge on any atom is 0.337 e. The van der Waals surface area contributed by atoms with Gasteiger partial charge >= 0.3 is 5.97 Å². The number of methoxy groups -OCH3 is 1. The summed E-state index contributed by atoms with van der Waals surface area (Å²) in [7, 11) is 1.32. The van der Waals surface area contributed by atoms with Gasteiger partial charge in [-0.1, -0.05) is 36.4 Å². The zero-order valence-corrected chi connectivity index (χ0v) is 22.1. The quantitative estimate of drug-likeness (QED) is 0.363. The van der Waals surface area contributed by atoms with E-state index >= 15 is 0 Å². The Bertz CT molecular complexity index is 1510. The van der Waals surface area contributed by atoms with Crippen LogP contribution < -0.4 is 15.5 Å². The average Bonchev–Trinajstić information content (AvgIpc) is 3.56. The van der Waals surface area contributed by atoms with Crippen molar-refractivity contribution in [2.45, 2.75) is 6.42 Å². The Hall–Kier alpha value is -4.54. The molecule has 40 heavy (non-hydrogen) atoms. The summed E-state index contributed by atoms with van der Waals surface area (Å²) in [5.41, 5.74) is 5.05. The lowest BCUT2D eigenvalue weighted by atomic mass is 9.99. The Labute approximate surface area is 231 Å². The number of benzene rings is 2. The summed E-state index contributed by atoms with van der Waals surface area (Å²) in [5, 5.41) is 6.26. The summed E-state index contributed by atoms with van der Waals surface area (Å²) in [6.07, 6.45) is 0.649. The Morgan fingerprint density at radius 3 is 2.60 bits per heavy atom. The fraction of sp³-hybridized carbons (Fsp3) is 0.267. The summed E-state index contributed by atoms with van der Waals surface area (Å²) in [6, 6.07) is 18.3. The van der Waals surface area contributed by atoms with Crippen molar-refractivity contribution in [1.82, 2.24) is 9.88 Å². The number of hydrogen-bond acceptors (Lipinski definition) is 8. The number of pyridine rings is 1. The third-order valence-corrected chi connectivity index (χ3v) is 7.33. The second-order valence-electron chi connectivity index (χ2n) is 9.79. The van der Waals surface area contributed by atoms with Crippen molar-refractivity contribution >= 4 is 46.2 Å². The maximum atomic E-state index is 13.3. The largest absolute Gasteiger partial charge is 0.465 e. The lowest BCUT2D eigenvalue weighted by Gasteiger charge is -2.28. The number of rotatable bonds is 6. The SMILES string of the molecule is COC(=O)c1ccc2c(c1)NC(=O)/C2=C(\Nc1ccc2c(n1)CCN2C(=O)CN1CCOCC1)c1ccccc1. The molecule has 0 unspecified atom stereocenters. The minimum absolute atomic E-state index is 0.0563. The van der Waals surface area contributed by atoms with Crippen LogP contribution in [0.5, 0.6) is 0 Å². The van der Waals surface area contributed by atoms with Crippen molar-refractivity contribution < 1.29 is 23.9 Å². The van der Waals surface area contributed by atoms with Crippen LogP contribution in [0.15, 0.2) is 60.7 Å². The van der Waals surface area contributed by atoms with Gasteiger partial charge in [-0.2, -0.15) is 0 Å². The summed E-state index contributed by atoms with van der Waals surface area (Å²) in [6.45, 7) is 3.75. The van der Waals surface area contributed by atoms with E-state index in [-0.39, 0.29) is 11.8 Å². The number of morpholine rings is 1. The van der Waals surface area contributed by atoms with E-state index in [0.717, 1.165) is 30.0 Å². The summed E-state index contributed by atoms with van der Waals surface area (Å²) < 4.78 is 10.2. The zero-order valence-electron chi connectivity index (χ0n) is 22.1. The van der Waals surface area contributed by atoms with E-state index in [4.69, 9.17) is 14.5 Å². The van der Waals surface area contributed by atoms with Crippen molar-refractivity contribution in [3.63, 3.8) is 0 Å². The zero-order chi connectivity index (χ0) is 27.6. The van der Waals surface area contributed by atoms with Crippen LogP contribution in [0.3, 0.4) is 0 Å². The van der Waals surface area contributed by atoms with Gasteiger partial charge in [0.2, 0.25) is 5.91 Å². The molecule has 0 bridgehead atoms. The second-order valence-corrected chi connectivity index (χ2v) is 9.79. The van der Waals surface area contributed by atoms with Crippen molar-refractivity contribution in [3.05, 3.63) is 83.0 Å². The average molecular weight is 540 g/mol. The normalized spacial score (nSPS) is 17.6. The van der Waals surface area contributed by atoms with Crippen molar-refractivity contribution in [2.75, 3.05) is 62.0 Å². The van der Waals surface area contributed by atoms with E-state index in [1.807, 2.05) is 42.5 Å². The number of carbonyl (C=O) groups is 3. The fourth-order valence-corrected chi connectivity index (χ4v) is 5.30. The summed E-state index contributed by atoms with van der Waals surface area (Å²) in [5.74, 6) is -0.138. The maximum absolute atomic E-state index is 13.3. The van der Waals surface area contributed by atoms with E-state index in [0.29, 0.717) is 66.6 Å². The highest BCUT2D eigenvalue weighted by atomic mass is 16.5. The second kappa shape index (κ2) is 10.9. The molecule has 6 rings (SSSR count). The van der Waals surface area contributed by atoms with Crippen molar-refractivity contribution in [3.8, 4) is 0 Å². The first-order valence-corrected chi connectivity index (χ1v) is 13.2. The van der Waals surface area contributed by atoms with Crippen LogP contribution in [-0.4, -0.2) is 74.2 Å². The van der Waals surface area contributed by atoms with Gasteiger partial charge in [-0.15, -0.1) is 0 Å². The minimum atomic E-state index is -0.476. The summed E-state index contributed by atoms with van der Waals surface area (Å²) >= 11 is 0. The molecule has 0 saturated carbocycles. The highest BCUT2D eigenvalue weighted by Crippen LogP contribution is 2.38. The Kier molecular flexibility index (Phi) is 7.02. The highest BCUT2D eigenvalue weighted by molar-refractivity contribution is 6.37. The number of carbonyl (C=O) groups excluding carboxylic acids is 3. The van der Waals surface area contributed by atoms with Crippen LogP contribution in [-0.2, 0) is 25.5 Å². The van der Waals surface area contributed by atoms with Gasteiger partial charge in [0.1, 0.15) is 5.82 Å². The molecule has 0 spiro atoms. The Morgan fingerprint density at radius 1 is 1.02 bits per heavy atom. The molecule has 10 heteroatoms. The molecule has 204 valence electrons. The van der Waals surface area contributed by atoms with Gasteiger partial charge in [-0.05, 0) is 29.8 Å². The molecule has 2 aromatic carbocycles. The van der Waals surface area contributed by atoms with Crippen molar-refractivity contribution in [2.24, 2.45) is 0 Å². The molecule has 1 saturated heterocycles. The van der Waals surface area contributed by atoms with E-state index in [2.05, 4.69) is 15.5 Å². The minimum Gasteiger partial charge on any atom is -0.465 e. The van der Waals surface area contributed by atoms with Crippen LogP contribution in [0.1, 0.15) is 27.2 Å².